The van der Waals surface area contributed by atoms with Crippen molar-refractivity contribution in [3.05, 3.63) is 65.0 Å². The van der Waals surface area contributed by atoms with Crippen LogP contribution in [0, 0.1) is 6.92 Å². The highest BCUT2D eigenvalue weighted by Crippen LogP contribution is 2.26. The topological polar surface area (TPSA) is 77.2 Å². The number of amides is 1. The van der Waals surface area contributed by atoms with Crippen molar-refractivity contribution in [3.8, 4) is 5.75 Å². The number of carbonyl (C=O) groups is 1. The van der Waals surface area contributed by atoms with Crippen molar-refractivity contribution in [3.63, 3.8) is 0 Å². The highest BCUT2D eigenvalue weighted by molar-refractivity contribution is 7.99. The third-order valence-corrected chi connectivity index (χ3v) is 5.61. The fraction of sp³-hybridized carbons (Fsp3) is 0.318. The Labute approximate surface area is 174 Å². The van der Waals surface area contributed by atoms with Crippen molar-refractivity contribution < 1.29 is 13.9 Å². The number of fused-ring (bicyclic) bond motifs is 1. The number of rotatable bonds is 7. The molecule has 1 N–H and O–H groups in total. The molecule has 6 nitrogen and oxygen atoms in total. The molecule has 0 aliphatic heterocycles. The van der Waals surface area contributed by atoms with Crippen molar-refractivity contribution in [1.29, 1.82) is 0 Å². The number of aryl methyl sites for hydroxylation is 3. The molecule has 1 aliphatic carbocycles. The van der Waals surface area contributed by atoms with E-state index in [0.29, 0.717) is 11.1 Å². The molecule has 0 atom stereocenters. The number of benzene rings is 2. The summed E-state index contributed by atoms with van der Waals surface area (Å²) in [7, 11) is 0. The summed E-state index contributed by atoms with van der Waals surface area (Å²) < 4.78 is 11.4. The van der Waals surface area contributed by atoms with E-state index in [1.54, 1.807) is 0 Å². The molecule has 0 saturated carbocycles. The van der Waals surface area contributed by atoms with Crippen LogP contribution in [0.4, 0.5) is 5.69 Å². The maximum absolute atomic E-state index is 12.1. The predicted molar refractivity (Wildman–Crippen MR) is 112 cm³/mol. The SMILES string of the molecule is Cc1ccc(NC(=O)CSc2nnc(COc3ccc4c(c3)CCCC4)o2)cc1. The average molecular weight is 410 g/mol. The summed E-state index contributed by atoms with van der Waals surface area (Å²) in [6, 6.07) is 13.9. The van der Waals surface area contributed by atoms with Crippen LogP contribution in [0.2, 0.25) is 0 Å². The zero-order valence-corrected chi connectivity index (χ0v) is 17.1. The van der Waals surface area contributed by atoms with Gasteiger partial charge in [0.2, 0.25) is 5.91 Å². The van der Waals surface area contributed by atoms with Gasteiger partial charge in [0.25, 0.3) is 11.1 Å². The van der Waals surface area contributed by atoms with Gasteiger partial charge in [0.05, 0.1) is 5.75 Å². The van der Waals surface area contributed by atoms with Gasteiger partial charge >= 0.3 is 0 Å². The van der Waals surface area contributed by atoms with Crippen LogP contribution in [0.3, 0.4) is 0 Å². The van der Waals surface area contributed by atoms with E-state index < -0.39 is 0 Å². The molecule has 4 rings (SSSR count). The van der Waals surface area contributed by atoms with Crippen molar-refractivity contribution in [1.82, 2.24) is 10.2 Å². The van der Waals surface area contributed by atoms with Gasteiger partial charge in [-0.1, -0.05) is 35.5 Å². The van der Waals surface area contributed by atoms with E-state index in [1.165, 1.54) is 35.7 Å². The molecule has 1 heterocycles. The lowest BCUT2D eigenvalue weighted by Crippen LogP contribution is -2.13. The summed E-state index contributed by atoms with van der Waals surface area (Å²) in [6.45, 7) is 2.21. The first-order valence-electron chi connectivity index (χ1n) is 9.72. The van der Waals surface area contributed by atoms with Gasteiger partial charge in [-0.25, -0.2) is 0 Å². The summed E-state index contributed by atoms with van der Waals surface area (Å²) >= 11 is 1.20. The normalized spacial score (nSPS) is 13.0. The lowest BCUT2D eigenvalue weighted by Gasteiger charge is -2.16. The molecular formula is C22H23N3O3S. The molecule has 150 valence electrons. The largest absolute Gasteiger partial charge is 0.484 e. The number of nitrogens with zero attached hydrogens (tertiary/aromatic N) is 2. The molecule has 0 unspecified atom stereocenters. The van der Waals surface area contributed by atoms with Crippen LogP contribution in [0.1, 0.15) is 35.4 Å². The number of ether oxygens (including phenoxy) is 1. The molecule has 0 fully saturated rings. The minimum atomic E-state index is -0.121. The quantitative estimate of drug-likeness (QED) is 0.576. The molecule has 3 aromatic rings. The van der Waals surface area contributed by atoms with E-state index in [2.05, 4.69) is 27.6 Å². The zero-order chi connectivity index (χ0) is 20.1. The first-order chi connectivity index (χ1) is 14.2. The highest BCUT2D eigenvalue weighted by Gasteiger charge is 2.12. The number of hydrogen-bond acceptors (Lipinski definition) is 6. The van der Waals surface area contributed by atoms with Gasteiger partial charge in [0.15, 0.2) is 6.61 Å². The van der Waals surface area contributed by atoms with Gasteiger partial charge in [0.1, 0.15) is 5.75 Å². The Balaban J connectivity index is 1.25. The van der Waals surface area contributed by atoms with Crippen molar-refractivity contribution >= 4 is 23.4 Å². The van der Waals surface area contributed by atoms with Crippen molar-refractivity contribution in [2.45, 2.75) is 44.4 Å². The second-order valence-electron chi connectivity index (χ2n) is 7.09. The van der Waals surface area contributed by atoms with Crippen LogP contribution in [0.25, 0.3) is 0 Å². The maximum Gasteiger partial charge on any atom is 0.277 e. The average Bonchev–Trinajstić information content (AvgIpc) is 3.20. The van der Waals surface area contributed by atoms with Crippen LogP contribution in [-0.2, 0) is 24.2 Å². The Morgan fingerprint density at radius 1 is 1.10 bits per heavy atom. The lowest BCUT2D eigenvalue weighted by molar-refractivity contribution is -0.113. The van der Waals surface area contributed by atoms with E-state index in [1.807, 2.05) is 37.3 Å². The number of carbonyl (C=O) groups excluding carboxylic acids is 1. The van der Waals surface area contributed by atoms with Gasteiger partial charge < -0.3 is 14.5 Å². The third-order valence-electron chi connectivity index (χ3n) is 4.79. The molecule has 1 aromatic heterocycles. The number of nitrogens with one attached hydrogen (secondary N) is 1. The molecule has 29 heavy (non-hydrogen) atoms. The highest BCUT2D eigenvalue weighted by atomic mass is 32.2. The molecule has 0 radical (unpaired) electrons. The number of thioether (sulfide) groups is 1. The maximum atomic E-state index is 12.1. The minimum Gasteiger partial charge on any atom is -0.484 e. The summed E-state index contributed by atoms with van der Waals surface area (Å²) in [4.78, 5) is 12.1. The van der Waals surface area contributed by atoms with E-state index in [4.69, 9.17) is 9.15 Å². The number of aromatic nitrogens is 2. The van der Waals surface area contributed by atoms with Crippen LogP contribution in [0.5, 0.6) is 5.75 Å². The molecule has 0 bridgehead atoms. The molecular weight excluding hydrogens is 386 g/mol. The van der Waals surface area contributed by atoms with E-state index in [0.717, 1.165) is 29.8 Å². The van der Waals surface area contributed by atoms with E-state index in [-0.39, 0.29) is 18.3 Å². The summed E-state index contributed by atoms with van der Waals surface area (Å²) in [5.74, 6) is 1.28. The Kier molecular flexibility index (Phi) is 6.14. The van der Waals surface area contributed by atoms with Gasteiger partial charge in [0, 0.05) is 5.69 Å². The van der Waals surface area contributed by atoms with Gasteiger partial charge in [-0.2, -0.15) is 0 Å². The third kappa shape index (κ3) is 5.38. The van der Waals surface area contributed by atoms with Crippen LogP contribution in [0.15, 0.2) is 52.1 Å². The number of anilines is 1. The van der Waals surface area contributed by atoms with Gasteiger partial charge in [-0.3, -0.25) is 4.79 Å². The molecule has 0 saturated heterocycles. The Hall–Kier alpha value is -2.80. The monoisotopic (exact) mass is 409 g/mol. The fourth-order valence-electron chi connectivity index (χ4n) is 3.26. The Morgan fingerprint density at radius 3 is 2.72 bits per heavy atom. The lowest BCUT2D eigenvalue weighted by atomic mass is 9.92. The summed E-state index contributed by atoms with van der Waals surface area (Å²) in [6.07, 6.45) is 4.76. The van der Waals surface area contributed by atoms with Crippen molar-refractivity contribution in [2.75, 3.05) is 11.1 Å². The molecule has 1 amide bonds. The molecule has 1 aliphatic rings. The van der Waals surface area contributed by atoms with Crippen LogP contribution < -0.4 is 10.1 Å². The van der Waals surface area contributed by atoms with Crippen LogP contribution >= 0.6 is 11.8 Å². The second kappa shape index (κ2) is 9.13. The molecule has 7 heteroatoms. The first kappa shape index (κ1) is 19.5. The van der Waals surface area contributed by atoms with Gasteiger partial charge in [-0.05, 0) is 68.0 Å². The summed E-state index contributed by atoms with van der Waals surface area (Å²) in [5, 5.41) is 11.2. The predicted octanol–water partition coefficient (Wildman–Crippen LogP) is 4.57. The zero-order valence-electron chi connectivity index (χ0n) is 16.3. The molecule has 2 aromatic carbocycles. The smallest absolute Gasteiger partial charge is 0.277 e. The Bertz CT molecular complexity index is 985. The van der Waals surface area contributed by atoms with E-state index in [9.17, 15) is 4.79 Å². The standard InChI is InChI=1S/C22H23N3O3S/c1-15-6-9-18(10-7-15)23-20(26)14-29-22-25-24-21(28-22)13-27-19-11-8-16-4-2-3-5-17(16)12-19/h6-12H,2-5,13-14H2,1H3,(H,23,26). The first-order valence-corrected chi connectivity index (χ1v) is 10.7. The van der Waals surface area contributed by atoms with E-state index >= 15 is 0 Å². The van der Waals surface area contributed by atoms with Crippen molar-refractivity contribution in [2.24, 2.45) is 0 Å². The summed E-state index contributed by atoms with van der Waals surface area (Å²) in [5.41, 5.74) is 4.71. The second-order valence-corrected chi connectivity index (χ2v) is 8.02. The van der Waals surface area contributed by atoms with Gasteiger partial charge in [-0.15, -0.1) is 10.2 Å². The number of hydrogen-bond donors (Lipinski definition) is 1. The van der Waals surface area contributed by atoms with Crippen LogP contribution in [-0.4, -0.2) is 21.9 Å². The minimum absolute atomic E-state index is 0.121. The fourth-order valence-corrected chi connectivity index (χ4v) is 3.84. The Morgan fingerprint density at radius 2 is 1.90 bits per heavy atom. The molecule has 0 spiro atoms.